The summed E-state index contributed by atoms with van der Waals surface area (Å²) >= 11 is 0. The standard InChI is InChI=1S/C60H106O6/c1-4-7-10-13-16-19-22-25-28-29-30-31-33-35-38-41-44-47-50-53-59(62)65-56-57(55-64-58(61)52-49-46-43-40-37-34-27-24-21-18-15-12-9-6-3)66-60(63)54-51-48-45-42-39-36-32-26-23-20-17-14-11-8-5-2/h9,12,16,18-19,21-22,25,27,34,57H,4-8,10-11,13-15,17,20,23-24,26,28-33,35-56H2,1-3H3/b12-9-,19-16-,21-18-,25-22-,34-27-. The molecule has 0 amide bonds. The molecule has 0 heterocycles. The van der Waals surface area contributed by atoms with Crippen LogP contribution in [0.2, 0.25) is 0 Å². The van der Waals surface area contributed by atoms with E-state index in [9.17, 15) is 14.4 Å². The van der Waals surface area contributed by atoms with E-state index in [2.05, 4.69) is 81.5 Å². The molecule has 0 aliphatic heterocycles. The Morgan fingerprint density at radius 1 is 0.333 bits per heavy atom. The molecular weight excluding hydrogens is 817 g/mol. The van der Waals surface area contributed by atoms with Crippen LogP contribution in [0.5, 0.6) is 0 Å². The van der Waals surface area contributed by atoms with Crippen LogP contribution in [-0.2, 0) is 28.6 Å². The van der Waals surface area contributed by atoms with E-state index in [0.717, 1.165) is 89.9 Å². The molecule has 0 rings (SSSR count). The van der Waals surface area contributed by atoms with Gasteiger partial charge < -0.3 is 14.2 Å². The van der Waals surface area contributed by atoms with Crippen molar-refractivity contribution in [2.24, 2.45) is 0 Å². The number of carbonyl (C=O) groups excluding carboxylic acids is 3. The van der Waals surface area contributed by atoms with E-state index < -0.39 is 6.10 Å². The SMILES string of the molecule is CC/C=C\C/C=C\C/C=C\CCCCCCC(=O)OCC(COC(=O)CCCCCCCCCCCC/C=C\C=C/CCCCC)OC(=O)CCCCCCCCCCCCCCCCC. The van der Waals surface area contributed by atoms with Gasteiger partial charge >= 0.3 is 17.9 Å². The second kappa shape index (κ2) is 54.7. The third-order valence-electron chi connectivity index (χ3n) is 12.3. The maximum Gasteiger partial charge on any atom is 0.306 e. The Morgan fingerprint density at radius 3 is 1.05 bits per heavy atom. The highest BCUT2D eigenvalue weighted by atomic mass is 16.6. The molecule has 0 bridgehead atoms. The fourth-order valence-corrected chi connectivity index (χ4v) is 8.04. The smallest absolute Gasteiger partial charge is 0.306 e. The van der Waals surface area contributed by atoms with E-state index >= 15 is 0 Å². The zero-order valence-corrected chi connectivity index (χ0v) is 43.7. The lowest BCUT2D eigenvalue weighted by atomic mass is 10.0. The van der Waals surface area contributed by atoms with Crippen molar-refractivity contribution in [1.82, 2.24) is 0 Å². The minimum absolute atomic E-state index is 0.0810. The Labute approximate surface area is 409 Å². The number of hydrogen-bond acceptors (Lipinski definition) is 6. The number of esters is 3. The van der Waals surface area contributed by atoms with Gasteiger partial charge in [0.1, 0.15) is 13.2 Å². The average molecular weight is 924 g/mol. The Kier molecular flexibility index (Phi) is 52.3. The topological polar surface area (TPSA) is 78.9 Å². The molecule has 0 N–H and O–H groups in total. The average Bonchev–Trinajstić information content (AvgIpc) is 3.31. The number of carbonyl (C=O) groups is 3. The van der Waals surface area contributed by atoms with E-state index in [4.69, 9.17) is 14.2 Å². The van der Waals surface area contributed by atoms with E-state index in [1.165, 1.54) is 154 Å². The van der Waals surface area contributed by atoms with Crippen LogP contribution in [0, 0.1) is 0 Å². The number of ether oxygens (including phenoxy) is 3. The molecule has 0 aliphatic rings. The molecule has 1 atom stereocenters. The molecule has 382 valence electrons. The van der Waals surface area contributed by atoms with Gasteiger partial charge in [0.05, 0.1) is 0 Å². The first-order chi connectivity index (χ1) is 32.5. The largest absolute Gasteiger partial charge is 0.462 e. The number of unbranched alkanes of at least 4 members (excludes halogenated alkanes) is 31. The summed E-state index contributed by atoms with van der Waals surface area (Å²) in [6, 6.07) is 0. The fourth-order valence-electron chi connectivity index (χ4n) is 8.04. The summed E-state index contributed by atoms with van der Waals surface area (Å²) in [7, 11) is 0. The van der Waals surface area contributed by atoms with Crippen LogP contribution < -0.4 is 0 Å². The molecule has 0 saturated heterocycles. The summed E-state index contributed by atoms with van der Waals surface area (Å²) in [5.74, 6) is -0.895. The second-order valence-electron chi connectivity index (χ2n) is 18.9. The molecule has 0 spiro atoms. The highest BCUT2D eigenvalue weighted by molar-refractivity contribution is 5.71. The van der Waals surface area contributed by atoms with Crippen LogP contribution in [0.25, 0.3) is 0 Å². The lowest BCUT2D eigenvalue weighted by Gasteiger charge is -2.18. The van der Waals surface area contributed by atoms with Crippen LogP contribution in [0.4, 0.5) is 0 Å². The van der Waals surface area contributed by atoms with Crippen molar-refractivity contribution < 1.29 is 28.6 Å². The van der Waals surface area contributed by atoms with E-state index in [0.29, 0.717) is 19.3 Å². The zero-order chi connectivity index (χ0) is 47.9. The number of hydrogen-bond donors (Lipinski definition) is 0. The molecule has 0 saturated carbocycles. The monoisotopic (exact) mass is 923 g/mol. The summed E-state index contributed by atoms with van der Waals surface area (Å²) in [5, 5.41) is 0. The molecular formula is C60H106O6. The van der Waals surface area contributed by atoms with Crippen LogP contribution in [0.3, 0.4) is 0 Å². The van der Waals surface area contributed by atoms with Gasteiger partial charge in [0, 0.05) is 19.3 Å². The number of allylic oxidation sites excluding steroid dienone is 10. The lowest BCUT2D eigenvalue weighted by Crippen LogP contribution is -2.30. The van der Waals surface area contributed by atoms with Gasteiger partial charge in [0.2, 0.25) is 0 Å². The first-order valence-electron chi connectivity index (χ1n) is 28.3. The third-order valence-corrected chi connectivity index (χ3v) is 12.3. The van der Waals surface area contributed by atoms with Gasteiger partial charge in [-0.25, -0.2) is 0 Å². The first kappa shape index (κ1) is 63.1. The molecule has 6 nitrogen and oxygen atoms in total. The predicted octanol–water partition coefficient (Wildman–Crippen LogP) is 18.8. The normalized spacial score (nSPS) is 12.5. The minimum atomic E-state index is -0.782. The van der Waals surface area contributed by atoms with Gasteiger partial charge in [-0.2, -0.15) is 0 Å². The van der Waals surface area contributed by atoms with Gasteiger partial charge in [-0.1, -0.05) is 248 Å². The maximum atomic E-state index is 12.8. The van der Waals surface area contributed by atoms with Crippen LogP contribution in [0.15, 0.2) is 60.8 Å². The van der Waals surface area contributed by atoms with Crippen molar-refractivity contribution in [1.29, 1.82) is 0 Å². The summed E-state index contributed by atoms with van der Waals surface area (Å²) < 4.78 is 16.8. The third kappa shape index (κ3) is 52.1. The highest BCUT2D eigenvalue weighted by Gasteiger charge is 2.19. The van der Waals surface area contributed by atoms with Crippen molar-refractivity contribution in [3.8, 4) is 0 Å². The van der Waals surface area contributed by atoms with Crippen molar-refractivity contribution >= 4 is 17.9 Å². The number of rotatable bonds is 51. The molecule has 0 radical (unpaired) electrons. The zero-order valence-electron chi connectivity index (χ0n) is 43.7. The van der Waals surface area contributed by atoms with E-state index in [1.54, 1.807) is 0 Å². The van der Waals surface area contributed by atoms with Gasteiger partial charge in [-0.15, -0.1) is 0 Å². The molecule has 1 unspecified atom stereocenters. The van der Waals surface area contributed by atoms with Crippen LogP contribution >= 0.6 is 0 Å². The van der Waals surface area contributed by atoms with Gasteiger partial charge in [0.15, 0.2) is 6.10 Å². The van der Waals surface area contributed by atoms with E-state index in [-0.39, 0.29) is 31.1 Å². The lowest BCUT2D eigenvalue weighted by molar-refractivity contribution is -0.167. The predicted molar refractivity (Wildman–Crippen MR) is 284 cm³/mol. The summed E-state index contributed by atoms with van der Waals surface area (Å²) in [4.78, 5) is 38.1. The Bertz CT molecular complexity index is 1200. The maximum absolute atomic E-state index is 12.8. The molecule has 0 fully saturated rings. The van der Waals surface area contributed by atoms with Crippen LogP contribution in [0.1, 0.15) is 284 Å². The molecule has 0 aliphatic carbocycles. The van der Waals surface area contributed by atoms with Crippen molar-refractivity contribution in [3.05, 3.63) is 60.8 Å². The molecule has 0 aromatic carbocycles. The minimum Gasteiger partial charge on any atom is -0.462 e. The van der Waals surface area contributed by atoms with Crippen molar-refractivity contribution in [2.45, 2.75) is 290 Å². The fraction of sp³-hybridized carbons (Fsp3) is 0.783. The summed E-state index contributed by atoms with van der Waals surface area (Å²) in [6.45, 7) is 6.50. The molecule has 0 aromatic heterocycles. The molecule has 66 heavy (non-hydrogen) atoms. The van der Waals surface area contributed by atoms with E-state index in [1.807, 2.05) is 0 Å². The van der Waals surface area contributed by atoms with Gasteiger partial charge in [-0.05, 0) is 77.0 Å². The summed E-state index contributed by atoms with van der Waals surface area (Å²) in [6.07, 6.45) is 67.8. The van der Waals surface area contributed by atoms with Gasteiger partial charge in [-0.3, -0.25) is 14.4 Å². The highest BCUT2D eigenvalue weighted by Crippen LogP contribution is 2.16. The Balaban J connectivity index is 4.37. The first-order valence-corrected chi connectivity index (χ1v) is 28.3. The second-order valence-corrected chi connectivity index (χ2v) is 18.9. The van der Waals surface area contributed by atoms with Gasteiger partial charge in [0.25, 0.3) is 0 Å². The Morgan fingerprint density at radius 2 is 0.636 bits per heavy atom. The molecule has 0 aromatic rings. The summed E-state index contributed by atoms with van der Waals surface area (Å²) in [5.41, 5.74) is 0. The van der Waals surface area contributed by atoms with Crippen molar-refractivity contribution in [3.63, 3.8) is 0 Å². The molecule has 6 heteroatoms. The van der Waals surface area contributed by atoms with Crippen molar-refractivity contribution in [2.75, 3.05) is 13.2 Å². The quantitative estimate of drug-likeness (QED) is 0.0199. The Hall–Kier alpha value is -2.89. The van der Waals surface area contributed by atoms with Crippen LogP contribution in [-0.4, -0.2) is 37.2 Å².